The molecule has 0 bridgehead atoms. The number of ether oxygens (including phenoxy) is 1. The molecule has 1 fully saturated rings. The van der Waals surface area contributed by atoms with Crippen LogP contribution in [-0.4, -0.2) is 32.3 Å². The van der Waals surface area contributed by atoms with Gasteiger partial charge < -0.3 is 15.4 Å². The molecule has 0 amide bonds. The second-order valence-electron chi connectivity index (χ2n) is 4.87. The molecule has 18 heavy (non-hydrogen) atoms. The molecule has 2 N–H and O–H groups in total. The summed E-state index contributed by atoms with van der Waals surface area (Å²) in [6.45, 7) is 5.76. The number of anilines is 1. The summed E-state index contributed by atoms with van der Waals surface area (Å²) in [4.78, 5) is 2.43. The van der Waals surface area contributed by atoms with Crippen molar-refractivity contribution >= 4 is 5.69 Å². The SMILES string of the molecule is CCOC1CCCN(c2ccc(CCN)cc2)C1. The third kappa shape index (κ3) is 3.47. The van der Waals surface area contributed by atoms with Crippen molar-refractivity contribution in [2.75, 3.05) is 31.1 Å². The molecule has 0 aromatic heterocycles. The van der Waals surface area contributed by atoms with Crippen LogP contribution in [-0.2, 0) is 11.2 Å². The quantitative estimate of drug-likeness (QED) is 0.868. The summed E-state index contributed by atoms with van der Waals surface area (Å²) in [5.74, 6) is 0. The standard InChI is InChI=1S/C15H24N2O/c1-2-18-15-4-3-11-17(12-15)14-7-5-13(6-8-14)9-10-16/h5-8,15H,2-4,9-12,16H2,1H3. The Morgan fingerprint density at radius 3 is 2.78 bits per heavy atom. The van der Waals surface area contributed by atoms with Crippen molar-refractivity contribution < 1.29 is 4.74 Å². The van der Waals surface area contributed by atoms with Gasteiger partial charge in [-0.15, -0.1) is 0 Å². The average molecular weight is 248 g/mol. The number of nitrogens with zero attached hydrogens (tertiary/aromatic N) is 1. The monoisotopic (exact) mass is 248 g/mol. The first kappa shape index (κ1) is 13.4. The first-order chi connectivity index (χ1) is 8.83. The summed E-state index contributed by atoms with van der Waals surface area (Å²) in [5.41, 5.74) is 8.19. The Bertz CT molecular complexity index is 348. The fourth-order valence-electron chi connectivity index (χ4n) is 2.58. The minimum absolute atomic E-state index is 0.396. The van der Waals surface area contributed by atoms with Crippen molar-refractivity contribution in [2.45, 2.75) is 32.3 Å². The van der Waals surface area contributed by atoms with E-state index < -0.39 is 0 Å². The molecule has 0 aliphatic carbocycles. The van der Waals surface area contributed by atoms with Crippen LogP contribution in [0.2, 0.25) is 0 Å². The lowest BCUT2D eigenvalue weighted by Gasteiger charge is -2.34. The minimum atomic E-state index is 0.396. The topological polar surface area (TPSA) is 38.5 Å². The maximum absolute atomic E-state index is 5.74. The van der Waals surface area contributed by atoms with Gasteiger partial charge in [0.05, 0.1) is 6.10 Å². The number of rotatable bonds is 5. The van der Waals surface area contributed by atoms with Crippen LogP contribution in [0.5, 0.6) is 0 Å². The highest BCUT2D eigenvalue weighted by molar-refractivity contribution is 5.48. The maximum atomic E-state index is 5.74. The van der Waals surface area contributed by atoms with Gasteiger partial charge in [0.2, 0.25) is 0 Å². The van der Waals surface area contributed by atoms with E-state index in [9.17, 15) is 0 Å². The van der Waals surface area contributed by atoms with Gasteiger partial charge in [-0.3, -0.25) is 0 Å². The second kappa shape index (κ2) is 6.76. The van der Waals surface area contributed by atoms with Crippen molar-refractivity contribution in [2.24, 2.45) is 5.73 Å². The first-order valence-electron chi connectivity index (χ1n) is 6.99. The van der Waals surface area contributed by atoms with Gasteiger partial charge in [-0.1, -0.05) is 12.1 Å². The normalized spacial score (nSPS) is 20.1. The molecule has 1 aromatic rings. The van der Waals surface area contributed by atoms with E-state index >= 15 is 0 Å². The summed E-state index contributed by atoms with van der Waals surface area (Å²) in [7, 11) is 0. The van der Waals surface area contributed by atoms with Gasteiger partial charge in [-0.05, 0) is 50.4 Å². The summed E-state index contributed by atoms with van der Waals surface area (Å²) in [5, 5.41) is 0. The molecule has 2 rings (SSSR count). The Morgan fingerprint density at radius 2 is 2.11 bits per heavy atom. The summed E-state index contributed by atoms with van der Waals surface area (Å²) >= 11 is 0. The zero-order valence-electron chi connectivity index (χ0n) is 11.3. The molecular formula is C15H24N2O. The van der Waals surface area contributed by atoms with Crippen LogP contribution in [0, 0.1) is 0 Å². The van der Waals surface area contributed by atoms with Gasteiger partial charge in [0, 0.05) is 25.4 Å². The molecule has 0 spiro atoms. The van der Waals surface area contributed by atoms with Gasteiger partial charge in [0.1, 0.15) is 0 Å². The molecule has 100 valence electrons. The maximum Gasteiger partial charge on any atom is 0.0750 e. The molecule has 0 saturated carbocycles. The molecule has 3 nitrogen and oxygen atoms in total. The van der Waals surface area contributed by atoms with Crippen LogP contribution in [0.25, 0.3) is 0 Å². The van der Waals surface area contributed by atoms with Crippen LogP contribution < -0.4 is 10.6 Å². The van der Waals surface area contributed by atoms with E-state index in [0.29, 0.717) is 6.10 Å². The zero-order chi connectivity index (χ0) is 12.8. The van der Waals surface area contributed by atoms with Crippen molar-refractivity contribution in [3.63, 3.8) is 0 Å². The van der Waals surface area contributed by atoms with Crippen molar-refractivity contribution in [1.82, 2.24) is 0 Å². The molecule has 1 aliphatic rings. The fraction of sp³-hybridized carbons (Fsp3) is 0.600. The van der Waals surface area contributed by atoms with E-state index in [1.165, 1.54) is 24.1 Å². The van der Waals surface area contributed by atoms with Crippen LogP contribution in [0.4, 0.5) is 5.69 Å². The molecular weight excluding hydrogens is 224 g/mol. The first-order valence-corrected chi connectivity index (χ1v) is 6.99. The Hall–Kier alpha value is -1.06. The van der Waals surface area contributed by atoms with E-state index in [1.54, 1.807) is 0 Å². The minimum Gasteiger partial charge on any atom is -0.377 e. The van der Waals surface area contributed by atoms with E-state index in [-0.39, 0.29) is 0 Å². The number of nitrogens with two attached hydrogens (primary N) is 1. The lowest BCUT2D eigenvalue weighted by Crippen LogP contribution is -2.39. The molecule has 1 saturated heterocycles. The van der Waals surface area contributed by atoms with Gasteiger partial charge in [0.25, 0.3) is 0 Å². The Morgan fingerprint density at radius 1 is 1.33 bits per heavy atom. The Labute approximate surface area is 110 Å². The second-order valence-corrected chi connectivity index (χ2v) is 4.87. The van der Waals surface area contributed by atoms with Crippen molar-refractivity contribution in [3.8, 4) is 0 Å². The Balaban J connectivity index is 1.97. The number of benzene rings is 1. The van der Waals surface area contributed by atoms with Gasteiger partial charge >= 0.3 is 0 Å². The summed E-state index contributed by atoms with van der Waals surface area (Å²) < 4.78 is 5.74. The van der Waals surface area contributed by atoms with E-state index in [4.69, 9.17) is 10.5 Å². The van der Waals surface area contributed by atoms with Crippen LogP contribution in [0.1, 0.15) is 25.3 Å². The third-order valence-electron chi connectivity index (χ3n) is 3.52. The number of hydrogen-bond donors (Lipinski definition) is 1. The number of piperidine rings is 1. The lowest BCUT2D eigenvalue weighted by atomic mass is 10.1. The van der Waals surface area contributed by atoms with E-state index in [0.717, 1.165) is 32.7 Å². The predicted octanol–water partition coefficient (Wildman–Crippen LogP) is 2.19. The molecule has 1 aliphatic heterocycles. The predicted molar refractivity (Wildman–Crippen MR) is 76.1 cm³/mol. The van der Waals surface area contributed by atoms with Gasteiger partial charge in [-0.25, -0.2) is 0 Å². The molecule has 0 radical (unpaired) electrons. The molecule has 1 unspecified atom stereocenters. The summed E-state index contributed by atoms with van der Waals surface area (Å²) in [6, 6.07) is 8.79. The van der Waals surface area contributed by atoms with Gasteiger partial charge in [0.15, 0.2) is 0 Å². The van der Waals surface area contributed by atoms with Crippen molar-refractivity contribution in [3.05, 3.63) is 29.8 Å². The van der Waals surface area contributed by atoms with Crippen LogP contribution in [0.15, 0.2) is 24.3 Å². The fourth-order valence-corrected chi connectivity index (χ4v) is 2.58. The highest BCUT2D eigenvalue weighted by Crippen LogP contribution is 2.21. The highest BCUT2D eigenvalue weighted by atomic mass is 16.5. The van der Waals surface area contributed by atoms with Crippen LogP contribution in [0.3, 0.4) is 0 Å². The lowest BCUT2D eigenvalue weighted by molar-refractivity contribution is 0.0527. The molecule has 1 aromatic carbocycles. The molecule has 1 atom stereocenters. The van der Waals surface area contributed by atoms with E-state index in [2.05, 4.69) is 36.1 Å². The van der Waals surface area contributed by atoms with E-state index in [1.807, 2.05) is 0 Å². The highest BCUT2D eigenvalue weighted by Gasteiger charge is 2.19. The van der Waals surface area contributed by atoms with Crippen LogP contribution >= 0.6 is 0 Å². The van der Waals surface area contributed by atoms with Gasteiger partial charge in [-0.2, -0.15) is 0 Å². The Kier molecular flexibility index (Phi) is 5.02. The average Bonchev–Trinajstić information content (AvgIpc) is 2.41. The molecule has 3 heteroatoms. The largest absolute Gasteiger partial charge is 0.377 e. The summed E-state index contributed by atoms with van der Waals surface area (Å²) in [6.07, 6.45) is 3.76. The molecule has 1 heterocycles. The zero-order valence-corrected chi connectivity index (χ0v) is 11.3. The smallest absolute Gasteiger partial charge is 0.0750 e. The third-order valence-corrected chi connectivity index (χ3v) is 3.52. The number of hydrogen-bond acceptors (Lipinski definition) is 3. The van der Waals surface area contributed by atoms with Crippen molar-refractivity contribution in [1.29, 1.82) is 0 Å².